The standard InChI is InChI=1S/C14H19N3O2/c1-10(2)8-13(16)14(18)17-11-4-3-5-12(9-11)19-7-6-15/h3-5,9-10,13H,7-8,16H2,1-2H3,(H,17,18)/t13-/m1/s1. The van der Waals surface area contributed by atoms with Gasteiger partial charge in [0, 0.05) is 11.8 Å². The van der Waals surface area contributed by atoms with Gasteiger partial charge in [0.15, 0.2) is 6.61 Å². The number of nitrogens with two attached hydrogens (primary N) is 1. The predicted molar refractivity (Wildman–Crippen MR) is 73.6 cm³/mol. The van der Waals surface area contributed by atoms with Crippen molar-refractivity contribution >= 4 is 11.6 Å². The van der Waals surface area contributed by atoms with Crippen LogP contribution in [0.15, 0.2) is 24.3 Å². The molecule has 5 heteroatoms. The third kappa shape index (κ3) is 5.40. The van der Waals surface area contributed by atoms with E-state index in [1.807, 2.05) is 19.9 Å². The van der Waals surface area contributed by atoms with Gasteiger partial charge in [0.2, 0.25) is 5.91 Å². The Kier molecular flexibility index (Phi) is 5.83. The van der Waals surface area contributed by atoms with Crippen LogP contribution in [0.3, 0.4) is 0 Å². The quantitative estimate of drug-likeness (QED) is 0.818. The lowest BCUT2D eigenvalue weighted by Crippen LogP contribution is -2.36. The predicted octanol–water partition coefficient (Wildman–Crippen LogP) is 1.90. The Morgan fingerprint density at radius 1 is 1.53 bits per heavy atom. The van der Waals surface area contributed by atoms with Gasteiger partial charge in [-0.3, -0.25) is 4.79 Å². The van der Waals surface area contributed by atoms with E-state index in [9.17, 15) is 4.79 Å². The number of amides is 1. The number of anilines is 1. The molecule has 0 aliphatic rings. The Balaban J connectivity index is 2.61. The summed E-state index contributed by atoms with van der Waals surface area (Å²) in [6.07, 6.45) is 0.635. The highest BCUT2D eigenvalue weighted by atomic mass is 16.5. The maximum Gasteiger partial charge on any atom is 0.241 e. The Morgan fingerprint density at radius 2 is 2.26 bits per heavy atom. The molecule has 102 valence electrons. The molecule has 1 aromatic rings. The van der Waals surface area contributed by atoms with Gasteiger partial charge < -0.3 is 15.8 Å². The first kappa shape index (κ1) is 15.0. The molecule has 0 spiro atoms. The summed E-state index contributed by atoms with van der Waals surface area (Å²) in [6, 6.07) is 8.25. The molecule has 0 aliphatic carbocycles. The molecule has 0 saturated carbocycles. The maximum absolute atomic E-state index is 11.8. The molecule has 5 nitrogen and oxygen atoms in total. The van der Waals surface area contributed by atoms with Crippen molar-refractivity contribution in [2.45, 2.75) is 26.3 Å². The molecular weight excluding hydrogens is 242 g/mol. The van der Waals surface area contributed by atoms with Gasteiger partial charge >= 0.3 is 0 Å². The third-order valence-corrected chi connectivity index (χ3v) is 2.47. The Bertz CT molecular complexity index is 466. The lowest BCUT2D eigenvalue weighted by Gasteiger charge is -2.14. The smallest absolute Gasteiger partial charge is 0.241 e. The minimum absolute atomic E-state index is 0.0235. The molecule has 0 saturated heterocycles. The molecule has 3 N–H and O–H groups in total. The number of ether oxygens (including phenoxy) is 1. The number of benzene rings is 1. The number of nitrogens with one attached hydrogen (secondary N) is 1. The van der Waals surface area contributed by atoms with E-state index in [2.05, 4.69) is 5.32 Å². The van der Waals surface area contributed by atoms with E-state index >= 15 is 0 Å². The number of carbonyl (C=O) groups is 1. The second-order valence-corrected chi connectivity index (χ2v) is 4.70. The fourth-order valence-electron chi connectivity index (χ4n) is 1.63. The molecule has 1 rings (SSSR count). The zero-order chi connectivity index (χ0) is 14.3. The first-order valence-corrected chi connectivity index (χ1v) is 6.19. The summed E-state index contributed by atoms with van der Waals surface area (Å²) in [5, 5.41) is 11.2. The zero-order valence-corrected chi connectivity index (χ0v) is 11.2. The third-order valence-electron chi connectivity index (χ3n) is 2.47. The van der Waals surface area contributed by atoms with E-state index in [-0.39, 0.29) is 12.5 Å². The Morgan fingerprint density at radius 3 is 2.89 bits per heavy atom. The number of nitriles is 1. The summed E-state index contributed by atoms with van der Waals surface area (Å²) in [5.41, 5.74) is 6.41. The number of hydrogen-bond donors (Lipinski definition) is 2. The highest BCUT2D eigenvalue weighted by Gasteiger charge is 2.15. The summed E-state index contributed by atoms with van der Waals surface area (Å²) >= 11 is 0. The summed E-state index contributed by atoms with van der Waals surface area (Å²) in [4.78, 5) is 11.8. The van der Waals surface area contributed by atoms with Crippen LogP contribution < -0.4 is 15.8 Å². The number of hydrogen-bond acceptors (Lipinski definition) is 4. The lowest BCUT2D eigenvalue weighted by molar-refractivity contribution is -0.117. The van der Waals surface area contributed by atoms with Crippen molar-refractivity contribution in [3.63, 3.8) is 0 Å². The number of carbonyl (C=O) groups excluding carboxylic acids is 1. The minimum atomic E-state index is -0.524. The van der Waals surface area contributed by atoms with Crippen LogP contribution >= 0.6 is 0 Å². The maximum atomic E-state index is 11.8. The second-order valence-electron chi connectivity index (χ2n) is 4.70. The van der Waals surface area contributed by atoms with Crippen LogP contribution in [0.4, 0.5) is 5.69 Å². The van der Waals surface area contributed by atoms with Crippen molar-refractivity contribution in [3.8, 4) is 11.8 Å². The van der Waals surface area contributed by atoms with Crippen molar-refractivity contribution < 1.29 is 9.53 Å². The summed E-state index contributed by atoms with van der Waals surface area (Å²) < 4.78 is 5.16. The Labute approximate surface area is 113 Å². The normalized spacial score (nSPS) is 11.7. The van der Waals surface area contributed by atoms with Crippen LogP contribution in [0.5, 0.6) is 5.75 Å². The van der Waals surface area contributed by atoms with Crippen LogP contribution in [0, 0.1) is 17.2 Å². The second kappa shape index (κ2) is 7.39. The van der Waals surface area contributed by atoms with Gasteiger partial charge in [0.1, 0.15) is 11.8 Å². The molecule has 1 aromatic carbocycles. The van der Waals surface area contributed by atoms with Crippen molar-refractivity contribution in [2.24, 2.45) is 11.7 Å². The molecule has 0 radical (unpaired) electrons. The van der Waals surface area contributed by atoms with Crippen LogP contribution in [0.2, 0.25) is 0 Å². The molecule has 0 heterocycles. The largest absolute Gasteiger partial charge is 0.479 e. The van der Waals surface area contributed by atoms with Gasteiger partial charge in [0.25, 0.3) is 0 Å². The average molecular weight is 261 g/mol. The Hall–Kier alpha value is -2.06. The van der Waals surface area contributed by atoms with Crippen molar-refractivity contribution in [1.82, 2.24) is 0 Å². The first-order valence-electron chi connectivity index (χ1n) is 6.19. The van der Waals surface area contributed by atoms with Crippen LogP contribution in [-0.2, 0) is 4.79 Å². The highest BCUT2D eigenvalue weighted by molar-refractivity contribution is 5.94. The molecule has 0 unspecified atom stereocenters. The van der Waals surface area contributed by atoms with E-state index in [1.165, 1.54) is 0 Å². The molecule has 0 bridgehead atoms. The van der Waals surface area contributed by atoms with Gasteiger partial charge in [-0.25, -0.2) is 0 Å². The summed E-state index contributed by atoms with van der Waals surface area (Å²) in [7, 11) is 0. The zero-order valence-electron chi connectivity index (χ0n) is 11.2. The van der Waals surface area contributed by atoms with Gasteiger partial charge in [-0.1, -0.05) is 19.9 Å². The highest BCUT2D eigenvalue weighted by Crippen LogP contribution is 2.17. The van der Waals surface area contributed by atoms with E-state index < -0.39 is 6.04 Å². The van der Waals surface area contributed by atoms with E-state index in [0.29, 0.717) is 23.8 Å². The van der Waals surface area contributed by atoms with E-state index in [4.69, 9.17) is 15.7 Å². The van der Waals surface area contributed by atoms with E-state index in [1.54, 1.807) is 24.3 Å². The van der Waals surface area contributed by atoms with Gasteiger partial charge in [-0.05, 0) is 24.5 Å². The van der Waals surface area contributed by atoms with E-state index in [0.717, 1.165) is 0 Å². The fourth-order valence-corrected chi connectivity index (χ4v) is 1.63. The number of nitrogens with zero attached hydrogens (tertiary/aromatic N) is 1. The summed E-state index contributed by atoms with van der Waals surface area (Å²) in [5.74, 6) is 0.689. The van der Waals surface area contributed by atoms with Gasteiger partial charge in [-0.2, -0.15) is 5.26 Å². The molecule has 0 fully saturated rings. The molecule has 0 aliphatic heterocycles. The number of rotatable bonds is 6. The molecule has 1 amide bonds. The van der Waals surface area contributed by atoms with Gasteiger partial charge in [-0.15, -0.1) is 0 Å². The first-order chi connectivity index (χ1) is 9.02. The summed E-state index contributed by atoms with van der Waals surface area (Å²) in [6.45, 7) is 4.01. The topological polar surface area (TPSA) is 88.1 Å². The van der Waals surface area contributed by atoms with Crippen molar-refractivity contribution in [2.75, 3.05) is 11.9 Å². The molecular formula is C14H19N3O2. The van der Waals surface area contributed by atoms with Crippen LogP contribution in [-0.4, -0.2) is 18.6 Å². The minimum Gasteiger partial charge on any atom is -0.479 e. The SMILES string of the molecule is CC(C)C[C@@H](N)C(=O)Nc1cccc(OCC#N)c1. The van der Waals surface area contributed by atoms with Crippen LogP contribution in [0.25, 0.3) is 0 Å². The molecule has 19 heavy (non-hydrogen) atoms. The van der Waals surface area contributed by atoms with Crippen molar-refractivity contribution in [3.05, 3.63) is 24.3 Å². The van der Waals surface area contributed by atoms with Gasteiger partial charge in [0.05, 0.1) is 6.04 Å². The van der Waals surface area contributed by atoms with Crippen LogP contribution in [0.1, 0.15) is 20.3 Å². The van der Waals surface area contributed by atoms with Crippen molar-refractivity contribution in [1.29, 1.82) is 5.26 Å². The monoisotopic (exact) mass is 261 g/mol. The molecule has 1 atom stereocenters. The molecule has 0 aromatic heterocycles. The lowest BCUT2D eigenvalue weighted by atomic mass is 10.0. The average Bonchev–Trinajstić information content (AvgIpc) is 2.36. The fraction of sp³-hybridized carbons (Fsp3) is 0.429.